The molecule has 0 saturated carbocycles. The lowest BCUT2D eigenvalue weighted by molar-refractivity contribution is -0.120. The van der Waals surface area contributed by atoms with E-state index in [9.17, 15) is 49.5 Å². The predicted octanol–water partition coefficient (Wildman–Crippen LogP) is 3.49. The van der Waals surface area contributed by atoms with Crippen LogP contribution < -0.4 is 0 Å². The van der Waals surface area contributed by atoms with Gasteiger partial charge < -0.3 is 0 Å². The summed E-state index contributed by atoms with van der Waals surface area (Å²) < 4.78 is 97.9. The van der Waals surface area contributed by atoms with Crippen molar-refractivity contribution in [2.24, 2.45) is 0 Å². The fraction of sp³-hybridized carbons (Fsp3) is 0. The number of benzene rings is 1. The highest BCUT2D eigenvalue weighted by atomic mass is 19.2. The van der Waals surface area contributed by atoms with Crippen molar-refractivity contribution >= 4 is 17.9 Å². The van der Waals surface area contributed by atoms with Gasteiger partial charge in [0.2, 0.25) is 23.3 Å². The Hall–Kier alpha value is -2.85. The van der Waals surface area contributed by atoms with Crippen LogP contribution in [-0.4, -0.2) is 17.9 Å². The Labute approximate surface area is 126 Å². The Bertz CT molecular complexity index is 722. The van der Waals surface area contributed by atoms with Gasteiger partial charge in [0.05, 0.1) is 5.56 Å². The van der Waals surface area contributed by atoms with E-state index < -0.39 is 63.7 Å². The zero-order valence-corrected chi connectivity index (χ0v) is 10.9. The lowest BCUT2D eigenvalue weighted by Gasteiger charge is -2.03. The molecule has 11 heteroatoms. The Morgan fingerprint density at radius 2 is 0.917 bits per heavy atom. The zero-order chi connectivity index (χ0) is 18.8. The topological polar surface area (TPSA) is 51.2 Å². The van der Waals surface area contributed by atoms with E-state index in [2.05, 4.69) is 0 Å². The summed E-state index contributed by atoms with van der Waals surface area (Å²) in [7, 11) is 0. The van der Waals surface area contributed by atoms with Crippen LogP contribution in [0.4, 0.5) is 35.1 Å². The minimum Gasteiger partial charge on any atom is -0.298 e. The van der Waals surface area contributed by atoms with E-state index in [-0.39, 0.29) is 12.4 Å². The van der Waals surface area contributed by atoms with Gasteiger partial charge in [-0.2, -0.15) is 17.6 Å². The summed E-state index contributed by atoms with van der Waals surface area (Å²) in [4.78, 5) is 30.3. The fourth-order valence-corrected chi connectivity index (χ4v) is 1.29. The third-order valence-corrected chi connectivity index (χ3v) is 2.45. The van der Waals surface area contributed by atoms with Gasteiger partial charge in [0, 0.05) is 6.07 Å². The molecule has 1 aromatic carbocycles. The van der Waals surface area contributed by atoms with Crippen molar-refractivity contribution in [2.75, 3.05) is 0 Å². The maximum absolute atomic E-state index is 12.4. The van der Waals surface area contributed by atoms with Gasteiger partial charge in [-0.05, 0) is 0 Å². The number of rotatable bonds is 1. The second kappa shape index (κ2) is 7.15. The molecule has 1 aliphatic carbocycles. The molecule has 0 aromatic heterocycles. The highest BCUT2D eigenvalue weighted by Crippen LogP contribution is 2.27. The minimum absolute atomic E-state index is 0.0394. The van der Waals surface area contributed by atoms with Crippen LogP contribution in [-0.2, 0) is 9.59 Å². The van der Waals surface area contributed by atoms with Gasteiger partial charge >= 0.3 is 0 Å². The van der Waals surface area contributed by atoms with E-state index in [1.807, 2.05) is 0 Å². The maximum Gasteiger partial charge on any atom is 0.256 e. The van der Waals surface area contributed by atoms with E-state index >= 15 is 0 Å². The van der Waals surface area contributed by atoms with Crippen molar-refractivity contribution in [3.05, 3.63) is 58.2 Å². The Kier molecular flexibility index (Phi) is 5.72. The SMILES string of the molecule is O=C1C(F)=C(F)C(=O)C(F)=C1F.O=Cc1c(F)c(F)cc(F)c1F. The number of hydrogen-bond donors (Lipinski definition) is 0. The van der Waals surface area contributed by atoms with Gasteiger partial charge in [-0.25, -0.2) is 17.6 Å². The van der Waals surface area contributed by atoms with Gasteiger partial charge in [0.1, 0.15) is 0 Å². The van der Waals surface area contributed by atoms with Crippen LogP contribution >= 0.6 is 0 Å². The highest BCUT2D eigenvalue weighted by molar-refractivity contribution is 6.21. The van der Waals surface area contributed by atoms with E-state index in [4.69, 9.17) is 0 Å². The molecule has 3 nitrogen and oxygen atoms in total. The molecular weight excluding hydrogens is 356 g/mol. The summed E-state index contributed by atoms with van der Waals surface area (Å²) in [6.07, 6.45) is -0.281. The molecule has 0 spiro atoms. The molecule has 128 valence electrons. The lowest BCUT2D eigenvalue weighted by atomic mass is 10.1. The maximum atomic E-state index is 12.4. The summed E-state index contributed by atoms with van der Waals surface area (Å²) in [5.74, 6) is -19.5. The van der Waals surface area contributed by atoms with Crippen LogP contribution in [0.2, 0.25) is 0 Å². The van der Waals surface area contributed by atoms with Crippen LogP contribution in [0.1, 0.15) is 10.4 Å². The second-order valence-electron chi connectivity index (χ2n) is 3.91. The van der Waals surface area contributed by atoms with Crippen LogP contribution in [0.3, 0.4) is 0 Å². The summed E-state index contributed by atoms with van der Waals surface area (Å²) in [5, 5.41) is 0. The molecule has 0 radical (unpaired) electrons. The average molecular weight is 358 g/mol. The van der Waals surface area contributed by atoms with Crippen LogP contribution in [0.15, 0.2) is 29.4 Å². The van der Waals surface area contributed by atoms with Gasteiger partial charge in [0.25, 0.3) is 11.6 Å². The van der Waals surface area contributed by atoms with E-state index in [0.717, 1.165) is 0 Å². The standard InChI is InChI=1S/C7H2F4O.C6F4O2/c8-4-1-5(9)7(11)3(2-12)6(4)10;7-1-2(8)6(12)4(10)3(9)5(1)11/h1-2H;. The monoisotopic (exact) mass is 358 g/mol. The molecule has 0 bridgehead atoms. The molecule has 0 atom stereocenters. The first-order chi connectivity index (χ1) is 11.0. The second-order valence-corrected chi connectivity index (χ2v) is 3.91. The van der Waals surface area contributed by atoms with Gasteiger partial charge in [-0.1, -0.05) is 0 Å². The van der Waals surface area contributed by atoms with E-state index in [1.54, 1.807) is 0 Å². The number of ketones is 2. The predicted molar refractivity (Wildman–Crippen MR) is 60.2 cm³/mol. The van der Waals surface area contributed by atoms with Crippen molar-refractivity contribution in [2.45, 2.75) is 0 Å². The van der Waals surface area contributed by atoms with Crippen molar-refractivity contribution < 1.29 is 49.5 Å². The number of halogens is 8. The largest absolute Gasteiger partial charge is 0.298 e. The molecule has 0 fully saturated rings. The van der Waals surface area contributed by atoms with Crippen LogP contribution in [0.25, 0.3) is 0 Å². The Morgan fingerprint density at radius 3 is 1.17 bits per heavy atom. The van der Waals surface area contributed by atoms with Crippen molar-refractivity contribution in [1.29, 1.82) is 0 Å². The number of allylic oxidation sites excluding steroid dienone is 4. The Balaban J connectivity index is 0.000000240. The molecule has 1 aliphatic rings. The first-order valence-electron chi connectivity index (χ1n) is 5.52. The first kappa shape index (κ1) is 19.2. The number of aldehydes is 1. The highest BCUT2D eigenvalue weighted by Gasteiger charge is 2.36. The number of carbonyl (C=O) groups excluding carboxylic acids is 3. The zero-order valence-electron chi connectivity index (χ0n) is 10.9. The quantitative estimate of drug-likeness (QED) is 0.334. The molecule has 0 heterocycles. The number of hydrogen-bond acceptors (Lipinski definition) is 3. The third kappa shape index (κ3) is 3.39. The van der Waals surface area contributed by atoms with Gasteiger partial charge in [-0.3, -0.25) is 14.4 Å². The summed E-state index contributed by atoms with van der Waals surface area (Å²) in [6.45, 7) is 0. The number of Topliss-reactive ketones (excluding diaryl/α,β-unsaturated/α-hetero) is 2. The molecule has 2 rings (SSSR count). The first-order valence-corrected chi connectivity index (χ1v) is 5.52. The van der Waals surface area contributed by atoms with Crippen molar-refractivity contribution in [1.82, 2.24) is 0 Å². The van der Waals surface area contributed by atoms with Crippen molar-refractivity contribution in [3.8, 4) is 0 Å². The summed E-state index contributed by atoms with van der Waals surface area (Å²) in [6, 6.07) is 0.0394. The smallest absolute Gasteiger partial charge is 0.256 e. The van der Waals surface area contributed by atoms with Crippen LogP contribution in [0, 0.1) is 23.3 Å². The number of carbonyl (C=O) groups is 3. The summed E-state index contributed by atoms with van der Waals surface area (Å²) in [5.41, 5.74) is -1.23. The van der Waals surface area contributed by atoms with Crippen molar-refractivity contribution in [3.63, 3.8) is 0 Å². The van der Waals surface area contributed by atoms with E-state index in [0.29, 0.717) is 0 Å². The summed E-state index contributed by atoms with van der Waals surface area (Å²) >= 11 is 0. The van der Waals surface area contributed by atoms with E-state index in [1.165, 1.54) is 0 Å². The average Bonchev–Trinajstić information content (AvgIpc) is 2.56. The Morgan fingerprint density at radius 1 is 0.625 bits per heavy atom. The molecule has 24 heavy (non-hydrogen) atoms. The van der Waals surface area contributed by atoms with Gasteiger partial charge in [-0.15, -0.1) is 0 Å². The molecule has 0 N–H and O–H groups in total. The van der Waals surface area contributed by atoms with Gasteiger partial charge in [0.15, 0.2) is 29.6 Å². The molecule has 0 amide bonds. The molecular formula is C13H2F8O3. The lowest BCUT2D eigenvalue weighted by Crippen LogP contribution is -2.16. The molecule has 0 saturated heterocycles. The molecule has 1 aromatic rings. The minimum atomic E-state index is -2.20. The van der Waals surface area contributed by atoms with Crippen LogP contribution in [0.5, 0.6) is 0 Å². The molecule has 0 unspecified atom stereocenters. The normalized spacial score (nSPS) is 14.7. The third-order valence-electron chi connectivity index (χ3n) is 2.45. The fourth-order valence-electron chi connectivity index (χ4n) is 1.29. The molecule has 0 aliphatic heterocycles.